The summed E-state index contributed by atoms with van der Waals surface area (Å²) >= 11 is 12.3. The highest BCUT2D eigenvalue weighted by Crippen LogP contribution is 2.24. The number of ether oxygens (including phenoxy) is 2. The number of amides is 2. The zero-order chi connectivity index (χ0) is 24.4. The first-order valence-corrected chi connectivity index (χ1v) is 11.8. The van der Waals surface area contributed by atoms with E-state index in [1.165, 1.54) is 0 Å². The Kier molecular flexibility index (Phi) is 10.8. The van der Waals surface area contributed by atoms with Crippen LogP contribution in [0.4, 0.5) is 0 Å². The van der Waals surface area contributed by atoms with Gasteiger partial charge >= 0.3 is 0 Å². The van der Waals surface area contributed by atoms with Gasteiger partial charge in [0.15, 0.2) is 0 Å². The van der Waals surface area contributed by atoms with Crippen LogP contribution in [-0.2, 0) is 16.1 Å². The average Bonchev–Trinajstić information content (AvgIpc) is 2.81. The third-order valence-electron chi connectivity index (χ3n) is 5.39. The maximum Gasteiger partial charge on any atom is 0.242 e. The minimum absolute atomic E-state index is 0.0221. The largest absolute Gasteiger partial charge is 0.497 e. The van der Waals surface area contributed by atoms with Gasteiger partial charge in [-0.1, -0.05) is 36.2 Å². The van der Waals surface area contributed by atoms with Crippen LogP contribution in [-0.4, -0.2) is 42.5 Å². The first kappa shape index (κ1) is 26.8. The second-order valence-corrected chi connectivity index (χ2v) is 8.72. The van der Waals surface area contributed by atoms with Crippen molar-refractivity contribution in [1.29, 1.82) is 0 Å². The van der Waals surface area contributed by atoms with E-state index >= 15 is 0 Å². The molecule has 0 saturated heterocycles. The number of carbonyl (C=O) groups is 2. The molecule has 2 aromatic carbocycles. The lowest BCUT2D eigenvalue weighted by atomic mass is 10.1. The molecule has 0 radical (unpaired) electrons. The maximum atomic E-state index is 13.1. The fraction of sp³-hybridized carbons (Fsp3) is 0.440. The lowest BCUT2D eigenvalue weighted by molar-refractivity contribution is -0.141. The highest BCUT2D eigenvalue weighted by atomic mass is 35.5. The molecule has 8 heteroatoms. The lowest BCUT2D eigenvalue weighted by Crippen LogP contribution is -2.49. The highest BCUT2D eigenvalue weighted by molar-refractivity contribution is 6.35. The Hall–Kier alpha value is -2.44. The number of hydrogen-bond acceptors (Lipinski definition) is 4. The van der Waals surface area contributed by atoms with Crippen molar-refractivity contribution in [2.75, 3.05) is 13.7 Å². The van der Waals surface area contributed by atoms with Crippen molar-refractivity contribution in [3.8, 4) is 11.5 Å². The van der Waals surface area contributed by atoms with Crippen molar-refractivity contribution >= 4 is 35.0 Å². The summed E-state index contributed by atoms with van der Waals surface area (Å²) in [7, 11) is 1.61. The molecule has 0 aromatic heterocycles. The molecular weight excluding hydrogens is 463 g/mol. The number of halogens is 2. The molecule has 1 N–H and O–H groups in total. The van der Waals surface area contributed by atoms with E-state index in [9.17, 15) is 9.59 Å². The van der Waals surface area contributed by atoms with Crippen molar-refractivity contribution in [1.82, 2.24) is 10.2 Å². The van der Waals surface area contributed by atoms with E-state index in [0.717, 1.165) is 17.7 Å². The smallest absolute Gasteiger partial charge is 0.242 e. The molecule has 2 aromatic rings. The zero-order valence-electron chi connectivity index (χ0n) is 19.6. The second-order valence-electron chi connectivity index (χ2n) is 7.88. The van der Waals surface area contributed by atoms with Gasteiger partial charge in [-0.3, -0.25) is 9.59 Å². The molecule has 0 heterocycles. The highest BCUT2D eigenvalue weighted by Gasteiger charge is 2.27. The molecule has 0 aliphatic carbocycles. The normalized spacial score (nSPS) is 12.5. The van der Waals surface area contributed by atoms with Crippen LogP contribution in [0.15, 0.2) is 42.5 Å². The van der Waals surface area contributed by atoms with Crippen LogP contribution in [0.5, 0.6) is 11.5 Å². The second kappa shape index (κ2) is 13.3. The minimum Gasteiger partial charge on any atom is -0.497 e. The number of benzene rings is 2. The van der Waals surface area contributed by atoms with E-state index in [1.54, 1.807) is 37.1 Å². The molecule has 0 fully saturated rings. The Labute approximate surface area is 206 Å². The van der Waals surface area contributed by atoms with Gasteiger partial charge in [-0.2, -0.15) is 0 Å². The van der Waals surface area contributed by atoms with Gasteiger partial charge in [-0.25, -0.2) is 0 Å². The summed E-state index contributed by atoms with van der Waals surface area (Å²) < 4.78 is 10.9. The van der Waals surface area contributed by atoms with Crippen LogP contribution in [0.3, 0.4) is 0 Å². The average molecular weight is 495 g/mol. The van der Waals surface area contributed by atoms with Crippen LogP contribution >= 0.6 is 23.2 Å². The van der Waals surface area contributed by atoms with Gasteiger partial charge in [-0.15, -0.1) is 0 Å². The van der Waals surface area contributed by atoms with Crippen LogP contribution in [0.25, 0.3) is 0 Å². The molecule has 2 atom stereocenters. The maximum absolute atomic E-state index is 13.1. The van der Waals surface area contributed by atoms with Crippen LogP contribution in [0.2, 0.25) is 10.0 Å². The van der Waals surface area contributed by atoms with E-state index in [0.29, 0.717) is 28.8 Å². The van der Waals surface area contributed by atoms with Gasteiger partial charge in [0.1, 0.15) is 17.5 Å². The number of hydrogen-bond donors (Lipinski definition) is 1. The van der Waals surface area contributed by atoms with E-state index in [1.807, 2.05) is 38.1 Å². The molecule has 2 rings (SSSR count). The summed E-state index contributed by atoms with van der Waals surface area (Å²) in [4.78, 5) is 27.4. The number of rotatable bonds is 12. The molecule has 33 heavy (non-hydrogen) atoms. The van der Waals surface area contributed by atoms with Gasteiger partial charge < -0.3 is 19.7 Å². The quantitative estimate of drug-likeness (QED) is 0.396. The number of nitrogens with one attached hydrogen (secondary N) is 1. The van der Waals surface area contributed by atoms with Crippen molar-refractivity contribution in [3.05, 3.63) is 58.1 Å². The van der Waals surface area contributed by atoms with Gasteiger partial charge in [0.05, 0.1) is 13.7 Å². The van der Waals surface area contributed by atoms with E-state index < -0.39 is 6.04 Å². The summed E-state index contributed by atoms with van der Waals surface area (Å²) in [5.74, 6) is 1.11. The number of nitrogens with zero attached hydrogens (tertiary/aromatic N) is 1. The van der Waals surface area contributed by atoms with Crippen molar-refractivity contribution in [2.24, 2.45) is 0 Å². The standard InChI is InChI=1S/C25H32Cl2N2O4/c1-5-17(2)28-25(31)18(3)29(16-19-8-9-20(26)15-23(19)27)24(30)7-6-14-33-22-12-10-21(32-4)11-13-22/h8-13,15,17-18H,5-7,14,16H2,1-4H3,(H,28,31). The minimum atomic E-state index is -0.652. The predicted octanol–water partition coefficient (Wildman–Crippen LogP) is 5.49. The first-order valence-electron chi connectivity index (χ1n) is 11.1. The van der Waals surface area contributed by atoms with E-state index in [-0.39, 0.29) is 30.8 Å². The Morgan fingerprint density at radius 1 is 1.06 bits per heavy atom. The lowest BCUT2D eigenvalue weighted by Gasteiger charge is -2.30. The molecule has 0 bridgehead atoms. The van der Waals surface area contributed by atoms with Gasteiger partial charge in [0.2, 0.25) is 11.8 Å². The predicted molar refractivity (Wildman–Crippen MR) is 132 cm³/mol. The zero-order valence-corrected chi connectivity index (χ0v) is 21.1. The summed E-state index contributed by atoms with van der Waals surface area (Å²) in [6, 6.07) is 11.8. The van der Waals surface area contributed by atoms with Crippen LogP contribution < -0.4 is 14.8 Å². The van der Waals surface area contributed by atoms with Gasteiger partial charge in [0.25, 0.3) is 0 Å². The van der Waals surface area contributed by atoms with Crippen molar-refractivity contribution < 1.29 is 19.1 Å². The van der Waals surface area contributed by atoms with E-state index in [4.69, 9.17) is 32.7 Å². The Morgan fingerprint density at radius 2 is 1.73 bits per heavy atom. The number of methoxy groups -OCH3 is 1. The molecule has 0 aliphatic heterocycles. The molecular formula is C25H32Cl2N2O4. The Balaban J connectivity index is 2.03. The summed E-state index contributed by atoms with van der Waals surface area (Å²) in [5, 5.41) is 3.92. The third-order valence-corrected chi connectivity index (χ3v) is 5.97. The summed E-state index contributed by atoms with van der Waals surface area (Å²) in [6.45, 7) is 6.25. The molecule has 0 aliphatic rings. The third kappa shape index (κ3) is 8.45. The van der Waals surface area contributed by atoms with Crippen LogP contribution in [0.1, 0.15) is 45.6 Å². The van der Waals surface area contributed by atoms with Crippen molar-refractivity contribution in [2.45, 2.75) is 58.7 Å². The Morgan fingerprint density at radius 3 is 2.33 bits per heavy atom. The monoisotopic (exact) mass is 494 g/mol. The molecule has 6 nitrogen and oxygen atoms in total. The fourth-order valence-electron chi connectivity index (χ4n) is 3.11. The molecule has 2 unspecified atom stereocenters. The fourth-order valence-corrected chi connectivity index (χ4v) is 3.58. The topological polar surface area (TPSA) is 67.9 Å². The SMILES string of the molecule is CCC(C)NC(=O)C(C)N(Cc1ccc(Cl)cc1Cl)C(=O)CCCOc1ccc(OC)cc1. The number of carbonyl (C=O) groups excluding carboxylic acids is 2. The molecule has 180 valence electrons. The van der Waals surface area contributed by atoms with E-state index in [2.05, 4.69) is 5.32 Å². The van der Waals surface area contributed by atoms with Gasteiger partial charge in [-0.05, 0) is 68.7 Å². The molecule has 2 amide bonds. The Bertz CT molecular complexity index is 921. The van der Waals surface area contributed by atoms with Gasteiger partial charge in [0, 0.05) is 29.1 Å². The molecule has 0 spiro atoms. The first-order chi connectivity index (χ1) is 15.7. The van der Waals surface area contributed by atoms with Crippen molar-refractivity contribution in [3.63, 3.8) is 0 Å². The molecule has 0 saturated carbocycles. The summed E-state index contributed by atoms with van der Waals surface area (Å²) in [5.41, 5.74) is 0.729. The van der Waals surface area contributed by atoms with Crippen LogP contribution in [0, 0.1) is 0 Å². The summed E-state index contributed by atoms with van der Waals surface area (Å²) in [6.07, 6.45) is 1.55.